The van der Waals surface area contributed by atoms with Gasteiger partial charge in [0.25, 0.3) is 0 Å². The van der Waals surface area contributed by atoms with E-state index in [1.807, 2.05) is 18.3 Å². The maximum absolute atomic E-state index is 6.25. The van der Waals surface area contributed by atoms with E-state index in [2.05, 4.69) is 38.1 Å². The highest BCUT2D eigenvalue weighted by Gasteiger charge is 2.47. The lowest BCUT2D eigenvalue weighted by atomic mass is 9.96. The van der Waals surface area contributed by atoms with Crippen LogP contribution in [0.5, 0.6) is 0 Å². The molecular formula is C16H21N5OS. The van der Waals surface area contributed by atoms with Crippen LogP contribution in [0, 0.1) is 0 Å². The fourth-order valence-electron chi connectivity index (χ4n) is 3.58. The molecule has 2 aliphatic heterocycles. The van der Waals surface area contributed by atoms with Crippen molar-refractivity contribution in [3.63, 3.8) is 0 Å². The van der Waals surface area contributed by atoms with Crippen LogP contribution in [0.2, 0.25) is 0 Å². The zero-order chi connectivity index (χ0) is 15.7. The molecule has 0 saturated carbocycles. The Morgan fingerprint density at radius 2 is 2.43 bits per heavy atom. The highest BCUT2D eigenvalue weighted by molar-refractivity contribution is 7.13. The van der Waals surface area contributed by atoms with Crippen LogP contribution in [-0.4, -0.2) is 58.5 Å². The summed E-state index contributed by atoms with van der Waals surface area (Å²) in [5.41, 5.74) is 2.88. The third kappa shape index (κ3) is 3.08. The van der Waals surface area contributed by atoms with Gasteiger partial charge in [-0.1, -0.05) is 17.4 Å². The molecule has 2 aromatic rings. The van der Waals surface area contributed by atoms with Crippen molar-refractivity contribution in [2.45, 2.75) is 31.0 Å². The zero-order valence-electron chi connectivity index (χ0n) is 13.3. The second kappa shape index (κ2) is 6.14. The molecule has 0 unspecified atom stereocenters. The molecule has 4 rings (SSSR count). The molecule has 122 valence electrons. The maximum atomic E-state index is 6.25. The molecule has 0 amide bonds. The average Bonchev–Trinajstić information content (AvgIpc) is 3.30. The fraction of sp³-hybridized carbons (Fsp3) is 0.562. The van der Waals surface area contributed by atoms with E-state index in [-0.39, 0.29) is 5.60 Å². The predicted octanol–water partition coefficient (Wildman–Crippen LogP) is 1.80. The smallest absolute Gasteiger partial charge is 0.208 e. The molecule has 1 spiro atoms. The number of aromatic nitrogens is 3. The molecule has 6 nitrogen and oxygen atoms in total. The molecule has 2 aliphatic rings. The Balaban J connectivity index is 1.37. The van der Waals surface area contributed by atoms with Crippen molar-refractivity contribution < 1.29 is 4.74 Å². The molecule has 0 aromatic carbocycles. The van der Waals surface area contributed by atoms with E-state index in [0.29, 0.717) is 6.04 Å². The number of ether oxygens (including phenoxy) is 1. The van der Waals surface area contributed by atoms with Crippen molar-refractivity contribution in [3.8, 4) is 0 Å². The maximum Gasteiger partial charge on any atom is 0.208 e. The lowest BCUT2D eigenvalue weighted by Crippen LogP contribution is -2.36. The molecule has 0 aliphatic carbocycles. The average molecular weight is 331 g/mol. The van der Waals surface area contributed by atoms with E-state index in [4.69, 9.17) is 4.74 Å². The van der Waals surface area contributed by atoms with Gasteiger partial charge in [0.1, 0.15) is 5.51 Å². The topological polar surface area (TPSA) is 54.4 Å². The van der Waals surface area contributed by atoms with Gasteiger partial charge in [0.05, 0.1) is 17.9 Å². The summed E-state index contributed by atoms with van der Waals surface area (Å²) in [6.45, 7) is 3.60. The summed E-state index contributed by atoms with van der Waals surface area (Å²) in [5, 5.41) is 9.14. The van der Waals surface area contributed by atoms with Crippen molar-refractivity contribution in [1.29, 1.82) is 0 Å². The van der Waals surface area contributed by atoms with Crippen LogP contribution in [0.15, 0.2) is 29.9 Å². The van der Waals surface area contributed by atoms with Gasteiger partial charge < -0.3 is 9.64 Å². The predicted molar refractivity (Wildman–Crippen MR) is 89.5 cm³/mol. The molecule has 23 heavy (non-hydrogen) atoms. The van der Waals surface area contributed by atoms with Crippen LogP contribution < -0.4 is 4.90 Å². The number of anilines is 1. The van der Waals surface area contributed by atoms with Crippen LogP contribution in [0.1, 0.15) is 18.5 Å². The normalized spacial score (nSPS) is 27.4. The molecular weight excluding hydrogens is 310 g/mol. The van der Waals surface area contributed by atoms with E-state index < -0.39 is 0 Å². The first-order valence-corrected chi connectivity index (χ1v) is 8.87. The van der Waals surface area contributed by atoms with E-state index in [1.165, 1.54) is 0 Å². The van der Waals surface area contributed by atoms with Gasteiger partial charge in [-0.2, -0.15) is 0 Å². The number of likely N-dealkylation sites (N-methyl/N-ethyl adjacent to an activating group) is 1. The van der Waals surface area contributed by atoms with E-state index in [1.54, 1.807) is 16.8 Å². The monoisotopic (exact) mass is 331 g/mol. The van der Waals surface area contributed by atoms with Crippen LogP contribution in [0.25, 0.3) is 0 Å². The summed E-state index contributed by atoms with van der Waals surface area (Å²) in [7, 11) is 2.17. The second-order valence-corrected chi connectivity index (χ2v) is 7.29. The van der Waals surface area contributed by atoms with Crippen LogP contribution in [0.4, 0.5) is 5.13 Å². The van der Waals surface area contributed by atoms with E-state index in [0.717, 1.165) is 49.9 Å². The van der Waals surface area contributed by atoms with Gasteiger partial charge in [0.2, 0.25) is 5.13 Å². The molecule has 0 radical (unpaired) electrons. The SMILES string of the molecule is CN(Cc1ccccn1)[C@H]1CO[C@]2(CCN(c3nncs3)C2)C1. The highest BCUT2D eigenvalue weighted by Crippen LogP contribution is 2.38. The molecule has 2 atom stereocenters. The minimum Gasteiger partial charge on any atom is -0.371 e. The summed E-state index contributed by atoms with van der Waals surface area (Å²) in [6.07, 6.45) is 4.00. The van der Waals surface area contributed by atoms with Crippen molar-refractivity contribution in [2.24, 2.45) is 0 Å². The summed E-state index contributed by atoms with van der Waals surface area (Å²) in [5.74, 6) is 0. The highest BCUT2D eigenvalue weighted by atomic mass is 32.1. The number of nitrogens with zero attached hydrogens (tertiary/aromatic N) is 5. The Labute approximate surface area is 140 Å². The van der Waals surface area contributed by atoms with Gasteiger partial charge in [-0.05, 0) is 32.0 Å². The Morgan fingerprint density at radius 3 is 3.22 bits per heavy atom. The first-order chi connectivity index (χ1) is 11.2. The van der Waals surface area contributed by atoms with Crippen LogP contribution >= 0.6 is 11.3 Å². The zero-order valence-corrected chi connectivity index (χ0v) is 14.1. The van der Waals surface area contributed by atoms with Gasteiger partial charge in [-0.3, -0.25) is 9.88 Å². The fourth-order valence-corrected chi connectivity index (χ4v) is 4.16. The molecule has 7 heteroatoms. The Morgan fingerprint density at radius 1 is 1.48 bits per heavy atom. The second-order valence-electron chi connectivity index (χ2n) is 6.48. The number of hydrogen-bond donors (Lipinski definition) is 0. The first-order valence-electron chi connectivity index (χ1n) is 7.99. The minimum atomic E-state index is -0.0191. The third-order valence-corrected chi connectivity index (χ3v) is 5.64. The van der Waals surface area contributed by atoms with Crippen molar-refractivity contribution in [3.05, 3.63) is 35.6 Å². The molecule has 0 N–H and O–H groups in total. The lowest BCUT2D eigenvalue weighted by Gasteiger charge is -2.25. The molecule has 0 bridgehead atoms. The largest absolute Gasteiger partial charge is 0.371 e. The van der Waals surface area contributed by atoms with Crippen molar-refractivity contribution in [1.82, 2.24) is 20.1 Å². The van der Waals surface area contributed by atoms with Crippen molar-refractivity contribution in [2.75, 3.05) is 31.6 Å². The number of rotatable bonds is 4. The van der Waals surface area contributed by atoms with Crippen LogP contribution in [0.3, 0.4) is 0 Å². The minimum absolute atomic E-state index is 0.0191. The van der Waals surface area contributed by atoms with E-state index >= 15 is 0 Å². The third-order valence-electron chi connectivity index (χ3n) is 4.89. The summed E-state index contributed by atoms with van der Waals surface area (Å²) in [6, 6.07) is 6.53. The summed E-state index contributed by atoms with van der Waals surface area (Å²) >= 11 is 1.60. The first kappa shape index (κ1) is 15.0. The number of pyridine rings is 1. The molecule has 2 aromatic heterocycles. The van der Waals surface area contributed by atoms with Gasteiger partial charge in [0.15, 0.2) is 0 Å². The molecule has 2 saturated heterocycles. The standard InChI is InChI=1S/C16H21N5OS/c1-20(9-13-4-2-3-6-17-13)14-8-16(22-10-14)5-7-21(11-16)15-19-18-12-23-15/h2-4,6,12,14H,5,7-11H2,1H3/t14-,16-/m1/s1. The summed E-state index contributed by atoms with van der Waals surface area (Å²) in [4.78, 5) is 9.09. The summed E-state index contributed by atoms with van der Waals surface area (Å²) < 4.78 is 6.25. The molecule has 2 fully saturated rings. The lowest BCUT2D eigenvalue weighted by molar-refractivity contribution is 0.0206. The quantitative estimate of drug-likeness (QED) is 0.852. The van der Waals surface area contributed by atoms with E-state index in [9.17, 15) is 0 Å². The Bertz CT molecular complexity index is 637. The Hall–Kier alpha value is -1.57. The Kier molecular flexibility index (Phi) is 4.00. The van der Waals surface area contributed by atoms with Gasteiger partial charge >= 0.3 is 0 Å². The molecule has 4 heterocycles. The number of hydrogen-bond acceptors (Lipinski definition) is 7. The van der Waals surface area contributed by atoms with Crippen LogP contribution in [-0.2, 0) is 11.3 Å². The van der Waals surface area contributed by atoms with Gasteiger partial charge in [-0.15, -0.1) is 10.2 Å². The van der Waals surface area contributed by atoms with Crippen molar-refractivity contribution >= 4 is 16.5 Å². The van der Waals surface area contributed by atoms with Gasteiger partial charge in [-0.25, -0.2) is 0 Å². The van der Waals surface area contributed by atoms with Gasteiger partial charge in [0, 0.05) is 31.9 Å².